The SMILES string of the molecule is COCC1CCCCC1NC(=O)c1ccccn1. The van der Waals surface area contributed by atoms with Gasteiger partial charge in [0, 0.05) is 25.3 Å². The molecule has 18 heavy (non-hydrogen) atoms. The molecule has 98 valence electrons. The maximum absolute atomic E-state index is 12.0. The van der Waals surface area contributed by atoms with E-state index in [9.17, 15) is 4.79 Å². The molecule has 0 bridgehead atoms. The van der Waals surface area contributed by atoms with E-state index in [2.05, 4.69) is 10.3 Å². The Hall–Kier alpha value is -1.42. The Kier molecular flexibility index (Phi) is 4.70. The molecule has 1 saturated carbocycles. The van der Waals surface area contributed by atoms with Crippen LogP contribution in [-0.2, 0) is 4.74 Å². The fourth-order valence-electron chi connectivity index (χ4n) is 2.55. The Morgan fingerprint density at radius 3 is 3.00 bits per heavy atom. The van der Waals surface area contributed by atoms with Gasteiger partial charge in [0.15, 0.2) is 0 Å². The van der Waals surface area contributed by atoms with Gasteiger partial charge in [-0.15, -0.1) is 0 Å². The quantitative estimate of drug-likeness (QED) is 0.887. The van der Waals surface area contributed by atoms with E-state index in [-0.39, 0.29) is 11.9 Å². The minimum atomic E-state index is -0.0800. The lowest BCUT2D eigenvalue weighted by Crippen LogP contribution is -2.43. The van der Waals surface area contributed by atoms with E-state index < -0.39 is 0 Å². The maximum Gasteiger partial charge on any atom is 0.270 e. The van der Waals surface area contributed by atoms with Gasteiger partial charge in [0.1, 0.15) is 5.69 Å². The van der Waals surface area contributed by atoms with Crippen molar-refractivity contribution in [3.8, 4) is 0 Å². The molecule has 4 heteroatoms. The summed E-state index contributed by atoms with van der Waals surface area (Å²) >= 11 is 0. The lowest BCUT2D eigenvalue weighted by molar-refractivity contribution is 0.0813. The topological polar surface area (TPSA) is 51.2 Å². The average molecular weight is 248 g/mol. The van der Waals surface area contributed by atoms with Crippen molar-refractivity contribution < 1.29 is 9.53 Å². The second-order valence-electron chi connectivity index (χ2n) is 4.79. The molecular weight excluding hydrogens is 228 g/mol. The molecule has 0 spiro atoms. The number of aromatic nitrogens is 1. The van der Waals surface area contributed by atoms with Crippen molar-refractivity contribution in [2.24, 2.45) is 5.92 Å². The van der Waals surface area contributed by atoms with E-state index in [1.165, 1.54) is 12.8 Å². The normalized spacial score (nSPS) is 23.6. The summed E-state index contributed by atoms with van der Waals surface area (Å²) in [7, 11) is 1.71. The van der Waals surface area contributed by atoms with E-state index in [0.717, 1.165) is 12.8 Å². The number of nitrogens with one attached hydrogen (secondary N) is 1. The fraction of sp³-hybridized carbons (Fsp3) is 0.571. The highest BCUT2D eigenvalue weighted by molar-refractivity contribution is 5.92. The highest BCUT2D eigenvalue weighted by atomic mass is 16.5. The van der Waals surface area contributed by atoms with Crippen LogP contribution in [0.2, 0.25) is 0 Å². The third-order valence-electron chi connectivity index (χ3n) is 3.50. The molecule has 1 aromatic rings. The van der Waals surface area contributed by atoms with Crippen LogP contribution in [-0.4, -0.2) is 30.6 Å². The summed E-state index contributed by atoms with van der Waals surface area (Å²) in [6.07, 6.45) is 6.20. The molecule has 1 fully saturated rings. The molecule has 2 atom stereocenters. The number of amides is 1. The second-order valence-corrected chi connectivity index (χ2v) is 4.79. The summed E-state index contributed by atoms with van der Waals surface area (Å²) in [6, 6.07) is 5.59. The van der Waals surface area contributed by atoms with Crippen LogP contribution >= 0.6 is 0 Å². The van der Waals surface area contributed by atoms with E-state index in [4.69, 9.17) is 4.74 Å². The molecule has 1 heterocycles. The molecule has 1 amide bonds. The number of rotatable bonds is 4. The first-order valence-electron chi connectivity index (χ1n) is 6.52. The highest BCUT2D eigenvalue weighted by Gasteiger charge is 2.26. The van der Waals surface area contributed by atoms with E-state index in [0.29, 0.717) is 18.2 Å². The summed E-state index contributed by atoms with van der Waals surface area (Å²) in [4.78, 5) is 16.1. The number of ether oxygens (including phenoxy) is 1. The van der Waals surface area contributed by atoms with Gasteiger partial charge < -0.3 is 10.1 Å². The largest absolute Gasteiger partial charge is 0.384 e. The Morgan fingerprint density at radius 1 is 1.44 bits per heavy atom. The minimum absolute atomic E-state index is 0.0800. The van der Waals surface area contributed by atoms with Crippen molar-refractivity contribution in [3.63, 3.8) is 0 Å². The first-order chi connectivity index (χ1) is 8.81. The third kappa shape index (κ3) is 3.29. The van der Waals surface area contributed by atoms with Gasteiger partial charge in [-0.05, 0) is 25.0 Å². The number of hydrogen-bond donors (Lipinski definition) is 1. The predicted octanol–water partition coefficient (Wildman–Crippen LogP) is 2.02. The fourth-order valence-corrected chi connectivity index (χ4v) is 2.55. The number of hydrogen-bond acceptors (Lipinski definition) is 3. The van der Waals surface area contributed by atoms with Crippen molar-refractivity contribution in [1.29, 1.82) is 0 Å². The van der Waals surface area contributed by atoms with Crippen LogP contribution in [0.15, 0.2) is 24.4 Å². The van der Waals surface area contributed by atoms with Crippen molar-refractivity contribution in [3.05, 3.63) is 30.1 Å². The van der Waals surface area contributed by atoms with Gasteiger partial charge in [0.25, 0.3) is 5.91 Å². The number of carbonyl (C=O) groups excluding carboxylic acids is 1. The Morgan fingerprint density at radius 2 is 2.28 bits per heavy atom. The molecule has 0 aliphatic heterocycles. The molecule has 4 nitrogen and oxygen atoms in total. The molecule has 0 radical (unpaired) electrons. The molecule has 1 N–H and O–H groups in total. The van der Waals surface area contributed by atoms with Crippen LogP contribution in [0, 0.1) is 5.92 Å². The second kappa shape index (κ2) is 6.50. The van der Waals surface area contributed by atoms with E-state index >= 15 is 0 Å². The van der Waals surface area contributed by atoms with Crippen LogP contribution in [0.1, 0.15) is 36.2 Å². The zero-order valence-electron chi connectivity index (χ0n) is 10.8. The van der Waals surface area contributed by atoms with E-state index in [1.807, 2.05) is 12.1 Å². The predicted molar refractivity (Wildman–Crippen MR) is 69.3 cm³/mol. The summed E-state index contributed by atoms with van der Waals surface area (Å²) in [5.41, 5.74) is 0.485. The van der Waals surface area contributed by atoms with Crippen LogP contribution in [0.3, 0.4) is 0 Å². The number of nitrogens with zero attached hydrogens (tertiary/aromatic N) is 1. The van der Waals surface area contributed by atoms with Crippen molar-refractivity contribution in [2.75, 3.05) is 13.7 Å². The lowest BCUT2D eigenvalue weighted by Gasteiger charge is -2.31. The van der Waals surface area contributed by atoms with Gasteiger partial charge in [-0.2, -0.15) is 0 Å². The van der Waals surface area contributed by atoms with Crippen LogP contribution in [0.4, 0.5) is 0 Å². The van der Waals surface area contributed by atoms with Gasteiger partial charge in [-0.1, -0.05) is 18.9 Å². The molecule has 2 unspecified atom stereocenters. The van der Waals surface area contributed by atoms with Gasteiger partial charge >= 0.3 is 0 Å². The van der Waals surface area contributed by atoms with Crippen molar-refractivity contribution in [2.45, 2.75) is 31.7 Å². The summed E-state index contributed by atoms with van der Waals surface area (Å²) < 4.78 is 5.23. The molecule has 0 saturated heterocycles. The van der Waals surface area contributed by atoms with Gasteiger partial charge in [0.05, 0.1) is 6.61 Å². The van der Waals surface area contributed by atoms with Gasteiger partial charge in [-0.3, -0.25) is 9.78 Å². The smallest absolute Gasteiger partial charge is 0.270 e. The first kappa shape index (κ1) is 13.0. The van der Waals surface area contributed by atoms with Crippen LogP contribution in [0.5, 0.6) is 0 Å². The monoisotopic (exact) mass is 248 g/mol. The summed E-state index contributed by atoms with van der Waals surface area (Å²) in [5.74, 6) is 0.347. The Labute approximate surface area is 108 Å². The highest BCUT2D eigenvalue weighted by Crippen LogP contribution is 2.24. The molecule has 1 aliphatic rings. The average Bonchev–Trinajstić information content (AvgIpc) is 2.42. The maximum atomic E-state index is 12.0. The lowest BCUT2D eigenvalue weighted by atomic mass is 9.85. The number of carbonyl (C=O) groups is 1. The molecule has 1 aliphatic carbocycles. The Bertz CT molecular complexity index is 379. The minimum Gasteiger partial charge on any atom is -0.384 e. The molecule has 0 aromatic carbocycles. The van der Waals surface area contributed by atoms with Crippen molar-refractivity contribution >= 4 is 5.91 Å². The van der Waals surface area contributed by atoms with Crippen molar-refractivity contribution in [1.82, 2.24) is 10.3 Å². The Balaban J connectivity index is 1.96. The summed E-state index contributed by atoms with van der Waals surface area (Å²) in [5, 5.41) is 3.09. The molecule has 1 aromatic heterocycles. The molecule has 2 rings (SSSR count). The van der Waals surface area contributed by atoms with Crippen LogP contribution in [0.25, 0.3) is 0 Å². The number of pyridine rings is 1. The van der Waals surface area contributed by atoms with Gasteiger partial charge in [0.2, 0.25) is 0 Å². The van der Waals surface area contributed by atoms with Crippen LogP contribution < -0.4 is 5.32 Å². The summed E-state index contributed by atoms with van der Waals surface area (Å²) in [6.45, 7) is 0.715. The van der Waals surface area contributed by atoms with Gasteiger partial charge in [-0.25, -0.2) is 0 Å². The third-order valence-corrected chi connectivity index (χ3v) is 3.50. The zero-order chi connectivity index (χ0) is 12.8. The van der Waals surface area contributed by atoms with E-state index in [1.54, 1.807) is 19.4 Å². The standard InChI is InChI=1S/C14H20N2O2/c1-18-10-11-6-2-3-7-12(11)16-14(17)13-8-4-5-9-15-13/h4-5,8-9,11-12H,2-3,6-7,10H2,1H3,(H,16,17). The first-order valence-corrected chi connectivity index (χ1v) is 6.52. The number of methoxy groups -OCH3 is 1. The zero-order valence-corrected chi connectivity index (χ0v) is 10.8. The molecular formula is C14H20N2O2.